The second-order valence-corrected chi connectivity index (χ2v) is 3.47. The van der Waals surface area contributed by atoms with E-state index in [1.165, 1.54) is 0 Å². The molecule has 0 unspecified atom stereocenters. The Morgan fingerprint density at radius 2 is 2.18 bits per heavy atom. The van der Waals surface area contributed by atoms with Crippen molar-refractivity contribution < 1.29 is 14.3 Å². The van der Waals surface area contributed by atoms with Crippen LogP contribution in [-0.2, 0) is 0 Å². The minimum absolute atomic E-state index is 0.397. The molecule has 1 rings (SSSR count). The van der Waals surface area contributed by atoms with Crippen LogP contribution in [0.25, 0.3) is 0 Å². The van der Waals surface area contributed by atoms with Crippen molar-refractivity contribution in [2.45, 2.75) is 19.8 Å². The van der Waals surface area contributed by atoms with Gasteiger partial charge in [-0.2, -0.15) is 0 Å². The number of carbonyl (C=O) groups excluding carboxylic acids is 1. The molecule has 0 bridgehead atoms. The maximum Gasteiger partial charge on any atom is 0.153 e. The van der Waals surface area contributed by atoms with E-state index in [0.717, 1.165) is 12.7 Å². The Balaban J connectivity index is 2.75. The van der Waals surface area contributed by atoms with Gasteiger partial charge in [-0.25, -0.2) is 0 Å². The van der Waals surface area contributed by atoms with Crippen LogP contribution in [0.2, 0.25) is 0 Å². The topological polar surface area (TPSA) is 35.5 Å². The molecule has 0 saturated carbocycles. The summed E-state index contributed by atoms with van der Waals surface area (Å²) in [5.74, 6) is 3.70. The van der Waals surface area contributed by atoms with Crippen LogP contribution in [0.1, 0.15) is 30.1 Å². The van der Waals surface area contributed by atoms with E-state index in [1.807, 2.05) is 6.92 Å². The Hall–Kier alpha value is -1.95. The number of terminal acetylenes is 1. The zero-order valence-corrected chi connectivity index (χ0v) is 9.94. The zero-order valence-electron chi connectivity index (χ0n) is 9.94. The summed E-state index contributed by atoms with van der Waals surface area (Å²) in [5, 5.41) is 0. The van der Waals surface area contributed by atoms with E-state index < -0.39 is 0 Å². The number of rotatable bonds is 7. The monoisotopic (exact) mass is 232 g/mol. The molecule has 17 heavy (non-hydrogen) atoms. The SMILES string of the molecule is C#CCCOc1cc(OCCC)ccc1C=O. The lowest BCUT2D eigenvalue weighted by Crippen LogP contribution is -2.01. The molecule has 0 heterocycles. The highest BCUT2D eigenvalue weighted by Crippen LogP contribution is 2.24. The molecule has 3 nitrogen and oxygen atoms in total. The van der Waals surface area contributed by atoms with Gasteiger partial charge in [0.1, 0.15) is 11.5 Å². The molecular formula is C14H16O3. The zero-order chi connectivity index (χ0) is 12.5. The molecule has 0 aliphatic heterocycles. The van der Waals surface area contributed by atoms with Crippen LogP contribution in [0.4, 0.5) is 0 Å². The van der Waals surface area contributed by atoms with Crippen molar-refractivity contribution in [3.63, 3.8) is 0 Å². The Morgan fingerprint density at radius 3 is 2.82 bits per heavy atom. The Kier molecular flexibility index (Phi) is 5.67. The lowest BCUT2D eigenvalue weighted by Gasteiger charge is -2.10. The van der Waals surface area contributed by atoms with Crippen LogP contribution in [0.5, 0.6) is 11.5 Å². The summed E-state index contributed by atoms with van der Waals surface area (Å²) < 4.78 is 10.9. The summed E-state index contributed by atoms with van der Waals surface area (Å²) in [7, 11) is 0. The Bertz CT molecular complexity index is 404. The fourth-order valence-electron chi connectivity index (χ4n) is 1.27. The Labute approximate surface area is 102 Å². The lowest BCUT2D eigenvalue weighted by atomic mass is 10.2. The number of aldehydes is 1. The summed E-state index contributed by atoms with van der Waals surface area (Å²) in [6.07, 6.45) is 7.34. The van der Waals surface area contributed by atoms with Gasteiger partial charge in [0.05, 0.1) is 18.8 Å². The summed E-state index contributed by atoms with van der Waals surface area (Å²) in [6, 6.07) is 5.16. The fourth-order valence-corrected chi connectivity index (χ4v) is 1.27. The molecule has 0 radical (unpaired) electrons. The van der Waals surface area contributed by atoms with Gasteiger partial charge in [-0.3, -0.25) is 4.79 Å². The normalized spacial score (nSPS) is 9.41. The van der Waals surface area contributed by atoms with Gasteiger partial charge >= 0.3 is 0 Å². The standard InChI is InChI=1S/C14H16O3/c1-3-5-9-17-14-10-13(16-8-4-2)7-6-12(14)11-15/h1,6-7,10-11H,4-5,8-9H2,2H3. The highest BCUT2D eigenvalue weighted by Gasteiger charge is 2.05. The molecule has 0 aromatic heterocycles. The first-order chi connectivity index (χ1) is 8.31. The molecule has 1 aromatic rings. The second-order valence-electron chi connectivity index (χ2n) is 3.47. The van der Waals surface area contributed by atoms with Crippen LogP contribution < -0.4 is 9.47 Å². The van der Waals surface area contributed by atoms with Crippen LogP contribution in [0.3, 0.4) is 0 Å². The van der Waals surface area contributed by atoms with Gasteiger partial charge in [0.25, 0.3) is 0 Å². The molecule has 0 aliphatic rings. The van der Waals surface area contributed by atoms with Crippen molar-refractivity contribution >= 4 is 6.29 Å². The Morgan fingerprint density at radius 1 is 1.35 bits per heavy atom. The second kappa shape index (κ2) is 7.34. The predicted molar refractivity (Wildman–Crippen MR) is 66.6 cm³/mol. The van der Waals surface area contributed by atoms with Crippen molar-refractivity contribution in [1.82, 2.24) is 0 Å². The molecule has 0 saturated heterocycles. The van der Waals surface area contributed by atoms with E-state index in [-0.39, 0.29) is 0 Å². The van der Waals surface area contributed by atoms with Crippen LogP contribution in [-0.4, -0.2) is 19.5 Å². The van der Waals surface area contributed by atoms with Gasteiger partial charge in [-0.05, 0) is 18.6 Å². The molecule has 0 aliphatic carbocycles. The molecule has 3 heteroatoms. The van der Waals surface area contributed by atoms with Gasteiger partial charge in [0.15, 0.2) is 6.29 Å². The molecule has 1 aromatic carbocycles. The molecule has 0 fully saturated rings. The van der Waals surface area contributed by atoms with E-state index in [0.29, 0.717) is 36.7 Å². The third-order valence-corrected chi connectivity index (χ3v) is 2.09. The number of hydrogen-bond donors (Lipinski definition) is 0. The highest BCUT2D eigenvalue weighted by molar-refractivity contribution is 5.79. The average molecular weight is 232 g/mol. The lowest BCUT2D eigenvalue weighted by molar-refractivity contribution is 0.111. The van der Waals surface area contributed by atoms with Crippen molar-refractivity contribution in [1.29, 1.82) is 0 Å². The largest absolute Gasteiger partial charge is 0.493 e. The van der Waals surface area contributed by atoms with E-state index >= 15 is 0 Å². The van der Waals surface area contributed by atoms with E-state index in [1.54, 1.807) is 18.2 Å². The van der Waals surface area contributed by atoms with E-state index in [4.69, 9.17) is 15.9 Å². The molecule has 90 valence electrons. The van der Waals surface area contributed by atoms with Gasteiger partial charge < -0.3 is 9.47 Å². The van der Waals surface area contributed by atoms with Crippen LogP contribution >= 0.6 is 0 Å². The number of benzene rings is 1. The maximum absolute atomic E-state index is 10.8. The first-order valence-electron chi connectivity index (χ1n) is 5.60. The summed E-state index contributed by atoms with van der Waals surface area (Å²) in [6.45, 7) is 3.07. The molecule has 0 amide bonds. The maximum atomic E-state index is 10.8. The van der Waals surface area contributed by atoms with Crippen molar-refractivity contribution in [2.24, 2.45) is 0 Å². The molecular weight excluding hydrogens is 216 g/mol. The third kappa shape index (κ3) is 4.20. The molecule has 0 atom stereocenters. The first-order valence-corrected chi connectivity index (χ1v) is 5.60. The smallest absolute Gasteiger partial charge is 0.153 e. The minimum Gasteiger partial charge on any atom is -0.493 e. The molecule has 0 spiro atoms. The third-order valence-electron chi connectivity index (χ3n) is 2.09. The van der Waals surface area contributed by atoms with Gasteiger partial charge in [-0.15, -0.1) is 12.3 Å². The summed E-state index contributed by atoms with van der Waals surface area (Å²) >= 11 is 0. The highest BCUT2D eigenvalue weighted by atomic mass is 16.5. The summed E-state index contributed by atoms with van der Waals surface area (Å²) in [5.41, 5.74) is 0.505. The van der Waals surface area contributed by atoms with Crippen LogP contribution in [0.15, 0.2) is 18.2 Å². The van der Waals surface area contributed by atoms with Gasteiger partial charge in [-0.1, -0.05) is 6.92 Å². The predicted octanol–water partition coefficient (Wildman–Crippen LogP) is 2.69. The van der Waals surface area contributed by atoms with Crippen LogP contribution in [0, 0.1) is 12.3 Å². The van der Waals surface area contributed by atoms with Crippen molar-refractivity contribution in [2.75, 3.05) is 13.2 Å². The molecule has 0 N–H and O–H groups in total. The summed E-state index contributed by atoms with van der Waals surface area (Å²) in [4.78, 5) is 10.8. The fraction of sp³-hybridized carbons (Fsp3) is 0.357. The van der Waals surface area contributed by atoms with Gasteiger partial charge in [0, 0.05) is 12.5 Å². The average Bonchev–Trinajstić information content (AvgIpc) is 2.37. The van der Waals surface area contributed by atoms with Crippen molar-refractivity contribution in [3.8, 4) is 23.8 Å². The number of carbonyl (C=O) groups is 1. The quantitative estimate of drug-likeness (QED) is 0.412. The number of ether oxygens (including phenoxy) is 2. The van der Waals surface area contributed by atoms with E-state index in [2.05, 4.69) is 5.92 Å². The number of hydrogen-bond acceptors (Lipinski definition) is 3. The van der Waals surface area contributed by atoms with Crippen molar-refractivity contribution in [3.05, 3.63) is 23.8 Å². The van der Waals surface area contributed by atoms with E-state index in [9.17, 15) is 4.79 Å². The minimum atomic E-state index is 0.397. The first kappa shape index (κ1) is 13.1. The van der Waals surface area contributed by atoms with Gasteiger partial charge in [0.2, 0.25) is 0 Å².